The van der Waals surface area contributed by atoms with Gasteiger partial charge in [-0.05, 0) is 145 Å². The number of rotatable bonds is 6. The molecule has 0 unspecified atom stereocenters. The van der Waals surface area contributed by atoms with Crippen molar-refractivity contribution in [1.29, 1.82) is 0 Å². The van der Waals surface area contributed by atoms with E-state index in [0.29, 0.717) is 0 Å². The lowest BCUT2D eigenvalue weighted by atomic mass is 9.74. The number of hydrogen-bond acceptors (Lipinski definition) is 2. The summed E-state index contributed by atoms with van der Waals surface area (Å²) in [6.45, 7) is 27.9. The van der Waals surface area contributed by atoms with Gasteiger partial charge >= 0.3 is 0 Å². The minimum atomic E-state index is -0.115. The van der Waals surface area contributed by atoms with E-state index in [1.807, 2.05) is 0 Å². The van der Waals surface area contributed by atoms with Crippen molar-refractivity contribution >= 4 is 50.0 Å². The molecule has 0 spiro atoms. The highest BCUT2D eigenvalue weighted by Gasteiger charge is 2.29. The topological polar surface area (TPSA) is 6.48 Å². The van der Waals surface area contributed by atoms with Crippen LogP contribution >= 0.6 is 0 Å². The van der Waals surface area contributed by atoms with Crippen LogP contribution in [-0.4, -0.2) is 0 Å². The molecule has 2 heteroatoms. The summed E-state index contributed by atoms with van der Waals surface area (Å²) in [6, 6.07) is 43.6. The lowest BCUT2D eigenvalue weighted by molar-refractivity contribution is 0.590. The lowest BCUT2D eigenvalue weighted by Gasteiger charge is -2.33. The second kappa shape index (κ2) is 14.5. The summed E-state index contributed by atoms with van der Waals surface area (Å²) in [6.07, 6.45) is 9.13. The summed E-state index contributed by atoms with van der Waals surface area (Å²) < 4.78 is 0. The first-order valence-corrected chi connectivity index (χ1v) is 20.6. The maximum absolute atomic E-state index is 2.48. The Balaban J connectivity index is 1.48. The maximum Gasteiger partial charge on any atom is 0.0468 e. The molecule has 0 aliphatic heterocycles. The Labute approximate surface area is 337 Å². The van der Waals surface area contributed by atoms with E-state index in [-0.39, 0.29) is 21.7 Å². The fourth-order valence-corrected chi connectivity index (χ4v) is 8.56. The average molecular weight is 739 g/mol. The van der Waals surface area contributed by atoms with Crippen molar-refractivity contribution in [2.45, 2.75) is 118 Å². The van der Waals surface area contributed by atoms with Gasteiger partial charge in [0.1, 0.15) is 0 Å². The van der Waals surface area contributed by atoms with E-state index in [2.05, 4.69) is 226 Å². The molecular formula is C54H62N2. The number of allylic oxidation sites excluding steroid dienone is 3. The highest BCUT2D eigenvalue weighted by Crippen LogP contribution is 2.48. The van der Waals surface area contributed by atoms with Crippen LogP contribution in [0.4, 0.5) is 28.4 Å². The number of benzene rings is 6. The van der Waals surface area contributed by atoms with Crippen LogP contribution in [0.15, 0.2) is 139 Å². The molecule has 6 aromatic rings. The number of nitrogens with zero attached hydrogens (tertiary/aromatic N) is 2. The monoisotopic (exact) mass is 738 g/mol. The molecule has 0 amide bonds. The third-order valence-electron chi connectivity index (χ3n) is 11.3. The molecule has 0 heterocycles. The lowest BCUT2D eigenvalue weighted by Crippen LogP contribution is -2.20. The minimum Gasteiger partial charge on any atom is -0.311 e. The fraction of sp³-hybridized carbons (Fsp3) is 0.333. The van der Waals surface area contributed by atoms with E-state index in [1.165, 1.54) is 60.9 Å². The first-order chi connectivity index (χ1) is 26.3. The van der Waals surface area contributed by atoms with Gasteiger partial charge in [-0.1, -0.05) is 150 Å². The summed E-state index contributed by atoms with van der Waals surface area (Å²) in [7, 11) is 0. The second-order valence-electron chi connectivity index (χ2n) is 19.9. The van der Waals surface area contributed by atoms with Gasteiger partial charge < -0.3 is 9.80 Å². The average Bonchev–Trinajstić information content (AvgIpc) is 3.13. The Morgan fingerprint density at radius 1 is 0.375 bits per heavy atom. The standard InChI is InChI=1S/C54H62N2/c1-51(2,3)37-23-27-41(28-24-37)55(39-19-15-13-16-20-39)43-31-33-45-47(35-43)49(53(7,8)9)46-34-32-44(36-48(46)50(45)54(10,11)12)56(40-21-17-14-18-22-40)42-29-25-38(26-30-42)52(4,5)6/h13,15-17,19-36H,14,18H2,1-12H3. The number of fused-ring (bicyclic) bond motifs is 2. The van der Waals surface area contributed by atoms with Crippen molar-refractivity contribution in [1.82, 2.24) is 0 Å². The van der Waals surface area contributed by atoms with Crippen molar-refractivity contribution in [2.24, 2.45) is 0 Å². The number of anilines is 5. The van der Waals surface area contributed by atoms with Crippen LogP contribution in [0.2, 0.25) is 0 Å². The molecule has 0 radical (unpaired) electrons. The largest absolute Gasteiger partial charge is 0.311 e. The van der Waals surface area contributed by atoms with E-state index in [4.69, 9.17) is 0 Å². The van der Waals surface area contributed by atoms with Crippen LogP contribution in [0, 0.1) is 0 Å². The van der Waals surface area contributed by atoms with Crippen molar-refractivity contribution in [3.05, 3.63) is 161 Å². The summed E-state index contributed by atoms with van der Waals surface area (Å²) in [4.78, 5) is 4.87. The molecule has 0 saturated carbocycles. The summed E-state index contributed by atoms with van der Waals surface area (Å²) in [5, 5.41) is 5.30. The molecule has 6 aromatic carbocycles. The Kier molecular flexibility index (Phi) is 10.1. The molecule has 0 bridgehead atoms. The van der Waals surface area contributed by atoms with Crippen LogP contribution in [0.1, 0.15) is 118 Å². The normalized spacial score (nSPS) is 14.0. The summed E-state index contributed by atoms with van der Waals surface area (Å²) >= 11 is 0. The molecule has 0 fully saturated rings. The maximum atomic E-state index is 2.48. The highest BCUT2D eigenvalue weighted by atomic mass is 15.1. The molecule has 0 aromatic heterocycles. The van der Waals surface area contributed by atoms with Gasteiger partial charge in [0.25, 0.3) is 0 Å². The van der Waals surface area contributed by atoms with Gasteiger partial charge in [0.2, 0.25) is 0 Å². The van der Waals surface area contributed by atoms with Crippen molar-refractivity contribution in [3.63, 3.8) is 0 Å². The van der Waals surface area contributed by atoms with E-state index >= 15 is 0 Å². The van der Waals surface area contributed by atoms with Gasteiger partial charge in [0, 0.05) is 34.1 Å². The zero-order valence-electron chi connectivity index (χ0n) is 36.0. The van der Waals surface area contributed by atoms with Crippen molar-refractivity contribution < 1.29 is 0 Å². The predicted molar refractivity (Wildman–Crippen MR) is 246 cm³/mol. The molecule has 0 atom stereocenters. The van der Waals surface area contributed by atoms with Crippen molar-refractivity contribution in [2.75, 3.05) is 9.80 Å². The van der Waals surface area contributed by atoms with E-state index in [1.54, 1.807) is 0 Å². The third kappa shape index (κ3) is 7.68. The van der Waals surface area contributed by atoms with Crippen LogP contribution in [0.3, 0.4) is 0 Å². The molecular weight excluding hydrogens is 677 g/mol. The predicted octanol–water partition coefficient (Wildman–Crippen LogP) is 16.0. The molecule has 288 valence electrons. The number of hydrogen-bond donors (Lipinski definition) is 0. The highest BCUT2D eigenvalue weighted by molar-refractivity contribution is 6.09. The Bertz CT molecular complexity index is 2420. The Morgan fingerprint density at radius 2 is 0.786 bits per heavy atom. The van der Waals surface area contributed by atoms with Gasteiger partial charge in [-0.15, -0.1) is 0 Å². The van der Waals surface area contributed by atoms with E-state index in [9.17, 15) is 0 Å². The Morgan fingerprint density at radius 3 is 1.20 bits per heavy atom. The van der Waals surface area contributed by atoms with Gasteiger partial charge in [0.15, 0.2) is 0 Å². The quantitative estimate of drug-likeness (QED) is 0.157. The van der Waals surface area contributed by atoms with Crippen LogP contribution < -0.4 is 9.80 Å². The van der Waals surface area contributed by atoms with E-state index in [0.717, 1.165) is 29.9 Å². The molecule has 7 rings (SSSR count). The molecule has 2 nitrogen and oxygen atoms in total. The van der Waals surface area contributed by atoms with Crippen LogP contribution in [0.25, 0.3) is 21.5 Å². The zero-order valence-corrected chi connectivity index (χ0v) is 36.0. The van der Waals surface area contributed by atoms with Crippen LogP contribution in [0.5, 0.6) is 0 Å². The molecule has 0 saturated heterocycles. The zero-order chi connectivity index (χ0) is 40.2. The first kappa shape index (κ1) is 39.2. The summed E-state index contributed by atoms with van der Waals surface area (Å²) in [5.74, 6) is 0. The fourth-order valence-electron chi connectivity index (χ4n) is 8.56. The smallest absolute Gasteiger partial charge is 0.0468 e. The molecule has 56 heavy (non-hydrogen) atoms. The first-order valence-electron chi connectivity index (χ1n) is 20.6. The van der Waals surface area contributed by atoms with Gasteiger partial charge in [0.05, 0.1) is 0 Å². The Hall–Kier alpha value is -5.08. The van der Waals surface area contributed by atoms with Gasteiger partial charge in [-0.25, -0.2) is 0 Å². The third-order valence-corrected chi connectivity index (χ3v) is 11.3. The summed E-state index contributed by atoms with van der Waals surface area (Å²) in [5.41, 5.74) is 12.5. The molecule has 1 aliphatic rings. The van der Waals surface area contributed by atoms with Crippen molar-refractivity contribution in [3.8, 4) is 0 Å². The van der Waals surface area contributed by atoms with Crippen LogP contribution in [-0.2, 0) is 21.7 Å². The minimum absolute atomic E-state index is 0.0862. The second-order valence-corrected chi connectivity index (χ2v) is 19.9. The SMILES string of the molecule is CC(C)(C)c1ccc(N(C2=CCCC=C2)c2ccc3c(C(C)(C)C)c4cc(N(c5ccccc5)c5ccc(C(C)(C)C)cc5)ccc4c(C(C)(C)C)c3c2)cc1. The van der Waals surface area contributed by atoms with Gasteiger partial charge in [-0.3, -0.25) is 0 Å². The molecule has 0 N–H and O–H groups in total. The van der Waals surface area contributed by atoms with E-state index < -0.39 is 0 Å². The molecule has 1 aliphatic carbocycles. The van der Waals surface area contributed by atoms with Gasteiger partial charge in [-0.2, -0.15) is 0 Å². The number of para-hydroxylation sites is 1.